The summed E-state index contributed by atoms with van der Waals surface area (Å²) in [5, 5.41) is 2.94. The lowest BCUT2D eigenvalue weighted by molar-refractivity contribution is -0.140. The summed E-state index contributed by atoms with van der Waals surface area (Å²) in [7, 11) is -4.13. The first-order valence-corrected chi connectivity index (χ1v) is 14.9. The minimum atomic E-state index is -4.13. The Labute approximate surface area is 237 Å². The summed E-state index contributed by atoms with van der Waals surface area (Å²) in [4.78, 5) is 28.8. The van der Waals surface area contributed by atoms with E-state index in [2.05, 4.69) is 5.32 Å². The minimum absolute atomic E-state index is 0.0117. The molecule has 1 N–H and O–H groups in total. The zero-order valence-electron chi connectivity index (χ0n) is 23.7. The van der Waals surface area contributed by atoms with Gasteiger partial charge in [-0.1, -0.05) is 55.8 Å². The van der Waals surface area contributed by atoms with Crippen molar-refractivity contribution in [1.29, 1.82) is 0 Å². The van der Waals surface area contributed by atoms with Gasteiger partial charge in [0.25, 0.3) is 10.0 Å². The van der Waals surface area contributed by atoms with Crippen LogP contribution in [0.2, 0.25) is 0 Å². The predicted molar refractivity (Wildman–Crippen MR) is 156 cm³/mol. The summed E-state index contributed by atoms with van der Waals surface area (Å²) in [6, 6.07) is 18.1. The third-order valence-electron chi connectivity index (χ3n) is 6.83. The summed E-state index contributed by atoms with van der Waals surface area (Å²) in [6.45, 7) is 8.82. The molecular weight excluding hydrogens is 529 g/mol. The van der Waals surface area contributed by atoms with Crippen LogP contribution in [0.25, 0.3) is 0 Å². The standard InChI is InChI=1S/C31H38FN3O4S/c1-6-24(5)33-31(37)29(7-2)34(20-25-13-15-26(32)16-14-25)30(36)21-35(27-10-8-9-23(4)19-27)40(38,39)28-17-11-22(3)12-18-28/h8-19,24,29H,6-7,20-21H2,1-5H3,(H,33,37)/t24-,29+/m1/s1. The molecule has 2 amide bonds. The first-order valence-electron chi connectivity index (χ1n) is 13.5. The van der Waals surface area contributed by atoms with Gasteiger partial charge in [0, 0.05) is 12.6 Å². The second kappa shape index (κ2) is 13.6. The molecule has 0 aliphatic rings. The molecule has 0 aromatic heterocycles. The Balaban J connectivity index is 2.05. The molecule has 0 saturated carbocycles. The molecule has 0 saturated heterocycles. The van der Waals surface area contributed by atoms with Gasteiger partial charge in [-0.15, -0.1) is 0 Å². The topological polar surface area (TPSA) is 86.8 Å². The van der Waals surface area contributed by atoms with Gasteiger partial charge in [-0.3, -0.25) is 13.9 Å². The van der Waals surface area contributed by atoms with Gasteiger partial charge in [-0.25, -0.2) is 12.8 Å². The fraction of sp³-hybridized carbons (Fsp3) is 0.355. The molecule has 0 aliphatic carbocycles. The Morgan fingerprint density at radius 1 is 0.900 bits per heavy atom. The zero-order valence-corrected chi connectivity index (χ0v) is 24.5. The third-order valence-corrected chi connectivity index (χ3v) is 8.62. The van der Waals surface area contributed by atoms with Gasteiger partial charge in [0.15, 0.2) is 0 Å². The van der Waals surface area contributed by atoms with Crippen LogP contribution in [-0.4, -0.2) is 43.8 Å². The predicted octanol–water partition coefficient (Wildman–Crippen LogP) is 5.36. The van der Waals surface area contributed by atoms with E-state index in [1.54, 1.807) is 49.4 Å². The number of halogens is 1. The molecule has 2 atom stereocenters. The molecule has 0 bridgehead atoms. The first-order chi connectivity index (χ1) is 19.0. The Kier molecular flexibility index (Phi) is 10.5. The van der Waals surface area contributed by atoms with Crippen molar-refractivity contribution >= 4 is 27.5 Å². The molecule has 9 heteroatoms. The molecule has 214 valence electrons. The summed E-state index contributed by atoms with van der Waals surface area (Å²) >= 11 is 0. The number of carbonyl (C=O) groups is 2. The fourth-order valence-electron chi connectivity index (χ4n) is 4.30. The number of aryl methyl sites for hydroxylation is 2. The highest BCUT2D eigenvalue weighted by Crippen LogP contribution is 2.26. The largest absolute Gasteiger partial charge is 0.352 e. The van der Waals surface area contributed by atoms with E-state index < -0.39 is 34.3 Å². The van der Waals surface area contributed by atoms with Crippen LogP contribution in [0, 0.1) is 19.7 Å². The van der Waals surface area contributed by atoms with Gasteiger partial charge in [0.2, 0.25) is 11.8 Å². The van der Waals surface area contributed by atoms with Crippen LogP contribution in [0.4, 0.5) is 10.1 Å². The Morgan fingerprint density at radius 2 is 1.55 bits per heavy atom. The van der Waals surface area contributed by atoms with Crippen LogP contribution < -0.4 is 9.62 Å². The smallest absolute Gasteiger partial charge is 0.264 e. The Hall–Kier alpha value is -3.72. The van der Waals surface area contributed by atoms with Crippen molar-refractivity contribution in [3.63, 3.8) is 0 Å². The molecule has 0 aliphatic heterocycles. The van der Waals surface area contributed by atoms with Crippen LogP contribution in [-0.2, 0) is 26.2 Å². The van der Waals surface area contributed by atoms with Gasteiger partial charge in [0.1, 0.15) is 18.4 Å². The van der Waals surface area contributed by atoms with Gasteiger partial charge in [-0.05, 0) is 81.1 Å². The molecule has 3 aromatic rings. The van der Waals surface area contributed by atoms with E-state index in [0.29, 0.717) is 24.1 Å². The molecule has 0 radical (unpaired) electrons. The second-order valence-corrected chi connectivity index (χ2v) is 11.9. The normalized spacial score (nSPS) is 12.8. The van der Waals surface area contributed by atoms with Crippen LogP contribution in [0.5, 0.6) is 0 Å². The molecule has 0 fully saturated rings. The Morgan fingerprint density at radius 3 is 2.12 bits per heavy atom. The second-order valence-electron chi connectivity index (χ2n) is 10.1. The number of nitrogens with one attached hydrogen (secondary N) is 1. The molecule has 3 rings (SSSR count). The highest BCUT2D eigenvalue weighted by atomic mass is 32.2. The highest BCUT2D eigenvalue weighted by Gasteiger charge is 2.34. The maximum Gasteiger partial charge on any atom is 0.264 e. The first kappa shape index (κ1) is 30.8. The number of carbonyl (C=O) groups excluding carboxylic acids is 2. The third kappa shape index (κ3) is 7.69. The highest BCUT2D eigenvalue weighted by molar-refractivity contribution is 7.92. The summed E-state index contributed by atoms with van der Waals surface area (Å²) in [6.07, 6.45) is 1.02. The molecule has 0 spiro atoms. The summed E-state index contributed by atoms with van der Waals surface area (Å²) in [5.41, 5.74) is 2.69. The van der Waals surface area contributed by atoms with Crippen molar-refractivity contribution in [1.82, 2.24) is 10.2 Å². The number of rotatable bonds is 12. The zero-order chi connectivity index (χ0) is 29.4. The molecule has 0 heterocycles. The Bertz CT molecular complexity index is 1410. The minimum Gasteiger partial charge on any atom is -0.352 e. The van der Waals surface area contributed by atoms with E-state index in [9.17, 15) is 22.4 Å². The number of nitrogens with zero attached hydrogens (tertiary/aromatic N) is 2. The van der Waals surface area contributed by atoms with Gasteiger partial charge in [0.05, 0.1) is 10.6 Å². The van der Waals surface area contributed by atoms with Gasteiger partial charge < -0.3 is 10.2 Å². The van der Waals surface area contributed by atoms with Crippen LogP contribution in [0.15, 0.2) is 77.7 Å². The van der Waals surface area contributed by atoms with Crippen molar-refractivity contribution < 1.29 is 22.4 Å². The number of amides is 2. The molecule has 7 nitrogen and oxygen atoms in total. The van der Waals surface area contributed by atoms with E-state index >= 15 is 0 Å². The number of anilines is 1. The number of hydrogen-bond acceptors (Lipinski definition) is 4. The van der Waals surface area contributed by atoms with Crippen molar-refractivity contribution in [2.75, 3.05) is 10.8 Å². The van der Waals surface area contributed by atoms with Gasteiger partial charge in [-0.2, -0.15) is 0 Å². The average molecular weight is 568 g/mol. The average Bonchev–Trinajstić information content (AvgIpc) is 2.92. The lowest BCUT2D eigenvalue weighted by Crippen LogP contribution is -2.53. The van der Waals surface area contributed by atoms with E-state index in [1.807, 2.05) is 33.8 Å². The molecule has 0 unspecified atom stereocenters. The van der Waals surface area contributed by atoms with Crippen LogP contribution >= 0.6 is 0 Å². The monoisotopic (exact) mass is 567 g/mol. The molecule has 40 heavy (non-hydrogen) atoms. The summed E-state index contributed by atoms with van der Waals surface area (Å²) < 4.78 is 42.5. The maximum absolute atomic E-state index is 14.0. The lowest BCUT2D eigenvalue weighted by atomic mass is 10.1. The van der Waals surface area contributed by atoms with Crippen molar-refractivity contribution in [2.24, 2.45) is 0 Å². The van der Waals surface area contributed by atoms with E-state index in [4.69, 9.17) is 0 Å². The number of benzene rings is 3. The van der Waals surface area contributed by atoms with E-state index in [1.165, 1.54) is 29.2 Å². The fourth-order valence-corrected chi connectivity index (χ4v) is 5.70. The lowest BCUT2D eigenvalue weighted by Gasteiger charge is -2.33. The summed E-state index contributed by atoms with van der Waals surface area (Å²) in [5.74, 6) is -1.29. The van der Waals surface area contributed by atoms with E-state index in [0.717, 1.165) is 15.4 Å². The van der Waals surface area contributed by atoms with Crippen molar-refractivity contribution in [3.8, 4) is 0 Å². The molecule has 3 aromatic carbocycles. The SMILES string of the molecule is CC[C@@H](C)NC(=O)[C@H](CC)N(Cc1ccc(F)cc1)C(=O)CN(c1cccc(C)c1)S(=O)(=O)c1ccc(C)cc1. The van der Waals surface area contributed by atoms with Crippen LogP contribution in [0.1, 0.15) is 50.3 Å². The van der Waals surface area contributed by atoms with E-state index in [-0.39, 0.29) is 23.4 Å². The van der Waals surface area contributed by atoms with Crippen LogP contribution in [0.3, 0.4) is 0 Å². The molecular formula is C31H38FN3O4S. The number of hydrogen-bond donors (Lipinski definition) is 1. The van der Waals surface area contributed by atoms with Crippen molar-refractivity contribution in [2.45, 2.75) is 71.0 Å². The quantitative estimate of drug-likeness (QED) is 0.319. The van der Waals surface area contributed by atoms with Gasteiger partial charge >= 0.3 is 0 Å². The van der Waals surface area contributed by atoms with Crippen molar-refractivity contribution in [3.05, 3.63) is 95.3 Å². The number of sulfonamides is 1. The maximum atomic E-state index is 14.0.